The molecule has 1 fully saturated rings. The average molecular weight is 260 g/mol. The van der Waals surface area contributed by atoms with Crippen LogP contribution in [0.15, 0.2) is 24.3 Å². The number of hydrogen-bond donors (Lipinski definition) is 2. The van der Waals surface area contributed by atoms with E-state index in [0.717, 1.165) is 36.4 Å². The number of para-hydroxylation sites is 1. The Hall–Kier alpha value is -1.51. The van der Waals surface area contributed by atoms with Crippen LogP contribution >= 0.6 is 0 Å². The minimum Gasteiger partial charge on any atom is -0.399 e. The van der Waals surface area contributed by atoms with Crippen LogP contribution in [0, 0.1) is 5.92 Å². The summed E-state index contributed by atoms with van der Waals surface area (Å²) >= 11 is 0. The second kappa shape index (κ2) is 6.60. The third-order valence-corrected chi connectivity index (χ3v) is 4.06. The molecule has 0 aromatic heterocycles. The summed E-state index contributed by atoms with van der Waals surface area (Å²) in [7, 11) is 0. The molecular formula is C16H24N2O. The molecule has 0 aliphatic heterocycles. The minimum atomic E-state index is 0.155. The predicted molar refractivity (Wildman–Crippen MR) is 78.7 cm³/mol. The van der Waals surface area contributed by atoms with Crippen LogP contribution in [0.5, 0.6) is 0 Å². The van der Waals surface area contributed by atoms with Gasteiger partial charge in [-0.3, -0.25) is 4.79 Å². The van der Waals surface area contributed by atoms with Crippen LogP contribution in [0.25, 0.3) is 0 Å². The van der Waals surface area contributed by atoms with E-state index in [2.05, 4.69) is 12.2 Å². The Balaban J connectivity index is 1.74. The topological polar surface area (TPSA) is 55.1 Å². The molecule has 0 saturated heterocycles. The molecule has 0 bridgehead atoms. The number of hydrogen-bond acceptors (Lipinski definition) is 2. The maximum absolute atomic E-state index is 11.9. The van der Waals surface area contributed by atoms with Gasteiger partial charge in [-0.1, -0.05) is 25.1 Å². The van der Waals surface area contributed by atoms with Crippen molar-refractivity contribution in [1.29, 1.82) is 0 Å². The van der Waals surface area contributed by atoms with Crippen LogP contribution < -0.4 is 11.1 Å². The first kappa shape index (κ1) is 13.9. The first-order valence-electron chi connectivity index (χ1n) is 7.28. The van der Waals surface area contributed by atoms with Crippen LogP contribution in [0.1, 0.15) is 44.6 Å². The number of benzene rings is 1. The molecule has 0 atom stereocenters. The van der Waals surface area contributed by atoms with E-state index in [0.29, 0.717) is 12.5 Å². The summed E-state index contributed by atoms with van der Waals surface area (Å²) in [5.41, 5.74) is 7.72. The van der Waals surface area contributed by atoms with Crippen molar-refractivity contribution in [3.8, 4) is 0 Å². The number of amides is 1. The Morgan fingerprint density at radius 3 is 2.63 bits per heavy atom. The van der Waals surface area contributed by atoms with Crippen molar-refractivity contribution in [2.24, 2.45) is 5.92 Å². The fourth-order valence-corrected chi connectivity index (χ4v) is 2.71. The average Bonchev–Trinajstić information content (AvgIpc) is 2.40. The first-order valence-corrected chi connectivity index (χ1v) is 7.28. The molecular weight excluding hydrogens is 236 g/mol. The third kappa shape index (κ3) is 4.27. The van der Waals surface area contributed by atoms with Gasteiger partial charge < -0.3 is 11.1 Å². The predicted octanol–water partition coefficient (Wildman–Crippen LogP) is 2.90. The van der Waals surface area contributed by atoms with E-state index in [1.165, 1.54) is 12.8 Å². The molecule has 1 aromatic rings. The van der Waals surface area contributed by atoms with E-state index in [4.69, 9.17) is 5.73 Å². The van der Waals surface area contributed by atoms with Crippen molar-refractivity contribution >= 4 is 11.6 Å². The van der Waals surface area contributed by atoms with Gasteiger partial charge in [0, 0.05) is 18.2 Å². The highest BCUT2D eigenvalue weighted by Gasteiger charge is 2.19. The number of nitrogen functional groups attached to an aromatic ring is 1. The first-order chi connectivity index (χ1) is 9.15. The molecule has 0 unspecified atom stereocenters. The summed E-state index contributed by atoms with van der Waals surface area (Å²) in [5.74, 6) is 0.972. The smallest absolute Gasteiger partial charge is 0.220 e. The van der Waals surface area contributed by atoms with Crippen molar-refractivity contribution in [3.05, 3.63) is 29.8 Å². The molecule has 1 saturated carbocycles. The Kier molecular flexibility index (Phi) is 4.83. The van der Waals surface area contributed by atoms with Crippen molar-refractivity contribution in [2.45, 2.75) is 51.5 Å². The van der Waals surface area contributed by atoms with Crippen LogP contribution in [-0.4, -0.2) is 11.9 Å². The standard InChI is InChI=1S/C16H24N2O/c1-12-6-9-14(10-7-12)18-16(19)11-8-13-4-2-3-5-15(13)17/h2-5,12,14H,6-11,17H2,1H3,(H,18,19). The lowest BCUT2D eigenvalue weighted by Crippen LogP contribution is -2.37. The highest BCUT2D eigenvalue weighted by Crippen LogP contribution is 2.23. The minimum absolute atomic E-state index is 0.155. The van der Waals surface area contributed by atoms with Gasteiger partial charge in [-0.25, -0.2) is 0 Å². The monoisotopic (exact) mass is 260 g/mol. The van der Waals surface area contributed by atoms with Crippen molar-refractivity contribution < 1.29 is 4.79 Å². The number of rotatable bonds is 4. The van der Waals surface area contributed by atoms with E-state index in [-0.39, 0.29) is 5.91 Å². The number of anilines is 1. The number of carbonyl (C=O) groups excluding carboxylic acids is 1. The lowest BCUT2D eigenvalue weighted by Gasteiger charge is -2.26. The normalized spacial score (nSPS) is 23.0. The van der Waals surface area contributed by atoms with Crippen LogP contribution in [-0.2, 0) is 11.2 Å². The maximum atomic E-state index is 11.9. The molecule has 2 rings (SSSR count). The highest BCUT2D eigenvalue weighted by atomic mass is 16.1. The summed E-state index contributed by atoms with van der Waals surface area (Å²) < 4.78 is 0. The molecule has 19 heavy (non-hydrogen) atoms. The molecule has 1 amide bonds. The maximum Gasteiger partial charge on any atom is 0.220 e. The molecule has 1 aromatic carbocycles. The van der Waals surface area contributed by atoms with Crippen LogP contribution in [0.3, 0.4) is 0 Å². The molecule has 0 spiro atoms. The number of carbonyl (C=O) groups is 1. The second-order valence-corrected chi connectivity index (χ2v) is 5.72. The summed E-state index contributed by atoms with van der Waals surface area (Å²) in [6, 6.07) is 8.14. The van der Waals surface area contributed by atoms with Gasteiger partial charge in [-0.2, -0.15) is 0 Å². The lowest BCUT2D eigenvalue weighted by molar-refractivity contribution is -0.122. The molecule has 3 nitrogen and oxygen atoms in total. The molecule has 104 valence electrons. The zero-order valence-corrected chi connectivity index (χ0v) is 11.7. The number of nitrogens with one attached hydrogen (secondary N) is 1. The second-order valence-electron chi connectivity index (χ2n) is 5.72. The SMILES string of the molecule is CC1CCC(NC(=O)CCc2ccccc2N)CC1. The highest BCUT2D eigenvalue weighted by molar-refractivity contribution is 5.76. The van der Waals surface area contributed by atoms with Crippen molar-refractivity contribution in [3.63, 3.8) is 0 Å². The van der Waals surface area contributed by atoms with Gasteiger partial charge in [-0.15, -0.1) is 0 Å². The molecule has 3 N–H and O–H groups in total. The number of aryl methyl sites for hydroxylation is 1. The molecule has 3 heteroatoms. The van der Waals surface area contributed by atoms with E-state index in [1.807, 2.05) is 24.3 Å². The van der Waals surface area contributed by atoms with Crippen LogP contribution in [0.2, 0.25) is 0 Å². The fraction of sp³-hybridized carbons (Fsp3) is 0.562. The number of nitrogens with two attached hydrogens (primary N) is 1. The Morgan fingerprint density at radius 2 is 1.95 bits per heavy atom. The van der Waals surface area contributed by atoms with E-state index in [1.54, 1.807) is 0 Å². The zero-order valence-electron chi connectivity index (χ0n) is 11.7. The van der Waals surface area contributed by atoms with E-state index in [9.17, 15) is 4.79 Å². The Bertz CT molecular complexity index is 423. The summed E-state index contributed by atoms with van der Waals surface area (Å²) in [4.78, 5) is 11.9. The Labute approximate surface area is 115 Å². The van der Waals surface area contributed by atoms with Crippen LogP contribution in [0.4, 0.5) is 5.69 Å². The van der Waals surface area contributed by atoms with Gasteiger partial charge in [0.05, 0.1) is 0 Å². The van der Waals surface area contributed by atoms with Gasteiger partial charge in [0.15, 0.2) is 0 Å². The zero-order chi connectivity index (χ0) is 13.7. The van der Waals surface area contributed by atoms with Gasteiger partial charge in [-0.05, 0) is 49.7 Å². The molecule has 0 heterocycles. The largest absolute Gasteiger partial charge is 0.399 e. The summed E-state index contributed by atoms with van der Waals surface area (Å²) in [6.07, 6.45) is 5.97. The molecule has 1 aliphatic rings. The fourth-order valence-electron chi connectivity index (χ4n) is 2.71. The Morgan fingerprint density at radius 1 is 1.26 bits per heavy atom. The van der Waals surface area contributed by atoms with Crippen molar-refractivity contribution in [2.75, 3.05) is 5.73 Å². The van der Waals surface area contributed by atoms with E-state index < -0.39 is 0 Å². The summed E-state index contributed by atoms with van der Waals surface area (Å²) in [6.45, 7) is 2.29. The van der Waals surface area contributed by atoms with E-state index >= 15 is 0 Å². The van der Waals surface area contributed by atoms with Gasteiger partial charge >= 0.3 is 0 Å². The summed E-state index contributed by atoms with van der Waals surface area (Å²) in [5, 5.41) is 3.15. The quantitative estimate of drug-likeness (QED) is 0.818. The van der Waals surface area contributed by atoms with Gasteiger partial charge in [0.1, 0.15) is 0 Å². The lowest BCUT2D eigenvalue weighted by atomic mass is 9.87. The molecule has 1 aliphatic carbocycles. The third-order valence-electron chi connectivity index (χ3n) is 4.06. The van der Waals surface area contributed by atoms with Gasteiger partial charge in [0.2, 0.25) is 5.91 Å². The van der Waals surface area contributed by atoms with Gasteiger partial charge in [0.25, 0.3) is 0 Å². The molecule has 0 radical (unpaired) electrons. The van der Waals surface area contributed by atoms with Crippen molar-refractivity contribution in [1.82, 2.24) is 5.32 Å².